The highest BCUT2D eigenvalue weighted by Crippen LogP contribution is 2.24. The summed E-state index contributed by atoms with van der Waals surface area (Å²) >= 11 is 11.7. The number of benzene rings is 2. The Morgan fingerprint density at radius 2 is 1.75 bits per heavy atom. The molecule has 0 aliphatic heterocycles. The number of halogens is 2. The summed E-state index contributed by atoms with van der Waals surface area (Å²) in [6, 6.07) is 9.54. The van der Waals surface area contributed by atoms with Gasteiger partial charge in [-0.15, -0.1) is 0 Å². The van der Waals surface area contributed by atoms with Gasteiger partial charge in [0, 0.05) is 10.7 Å². The summed E-state index contributed by atoms with van der Waals surface area (Å²) in [5.74, 6) is -0.486. The highest BCUT2D eigenvalue weighted by molar-refractivity contribution is 7.89. The van der Waals surface area contributed by atoms with E-state index in [4.69, 9.17) is 23.2 Å². The van der Waals surface area contributed by atoms with Crippen LogP contribution in [0.5, 0.6) is 0 Å². The summed E-state index contributed by atoms with van der Waals surface area (Å²) in [6.07, 6.45) is 0. The maximum Gasteiger partial charge on any atom is 0.242 e. The lowest BCUT2D eigenvalue weighted by atomic mass is 10.1. The van der Waals surface area contributed by atoms with Crippen LogP contribution in [0.25, 0.3) is 0 Å². The number of rotatable bonds is 5. The maximum atomic E-state index is 12.2. The van der Waals surface area contributed by atoms with Crippen molar-refractivity contribution in [3.63, 3.8) is 0 Å². The summed E-state index contributed by atoms with van der Waals surface area (Å²) < 4.78 is 26.7. The SMILES string of the molecule is Cc1ccc(NC(=O)CNS(=O)(=O)c2cc(Cl)ccc2Cl)cc1C. The van der Waals surface area contributed by atoms with Gasteiger partial charge in [0.2, 0.25) is 15.9 Å². The van der Waals surface area contributed by atoms with Gasteiger partial charge in [0.1, 0.15) is 4.90 Å². The predicted molar refractivity (Wildman–Crippen MR) is 96.2 cm³/mol. The summed E-state index contributed by atoms with van der Waals surface area (Å²) in [5, 5.41) is 2.90. The predicted octanol–water partition coefficient (Wildman–Crippen LogP) is 3.53. The molecule has 0 aliphatic carbocycles. The van der Waals surface area contributed by atoms with Gasteiger partial charge in [-0.3, -0.25) is 4.79 Å². The third-order valence-corrected chi connectivity index (χ3v) is 5.51. The van der Waals surface area contributed by atoms with Crippen LogP contribution in [0.3, 0.4) is 0 Å². The number of hydrogen-bond acceptors (Lipinski definition) is 3. The molecule has 1 amide bonds. The van der Waals surface area contributed by atoms with E-state index in [1.165, 1.54) is 18.2 Å². The first-order valence-electron chi connectivity index (χ1n) is 7.01. The van der Waals surface area contributed by atoms with Gasteiger partial charge >= 0.3 is 0 Å². The van der Waals surface area contributed by atoms with Crippen molar-refractivity contribution in [3.05, 3.63) is 57.6 Å². The lowest BCUT2D eigenvalue weighted by Crippen LogP contribution is -2.33. The Bertz CT molecular complexity index is 883. The normalized spacial score (nSPS) is 11.3. The summed E-state index contributed by atoms with van der Waals surface area (Å²) in [7, 11) is -3.94. The molecule has 0 radical (unpaired) electrons. The van der Waals surface area contributed by atoms with Crippen molar-refractivity contribution in [2.75, 3.05) is 11.9 Å². The third kappa shape index (κ3) is 4.70. The van der Waals surface area contributed by atoms with Crippen LogP contribution in [-0.4, -0.2) is 20.9 Å². The first kappa shape index (κ1) is 18.7. The third-order valence-electron chi connectivity index (χ3n) is 3.40. The molecule has 0 saturated heterocycles. The number of sulfonamides is 1. The highest BCUT2D eigenvalue weighted by atomic mass is 35.5. The van der Waals surface area contributed by atoms with E-state index in [1.807, 2.05) is 26.0 Å². The second kappa shape index (κ2) is 7.53. The topological polar surface area (TPSA) is 75.3 Å². The average Bonchev–Trinajstić information content (AvgIpc) is 2.51. The van der Waals surface area contributed by atoms with Crippen LogP contribution in [0.1, 0.15) is 11.1 Å². The fourth-order valence-electron chi connectivity index (χ4n) is 1.95. The van der Waals surface area contributed by atoms with Crippen LogP contribution in [0, 0.1) is 13.8 Å². The second-order valence-electron chi connectivity index (χ2n) is 5.25. The zero-order chi connectivity index (χ0) is 17.9. The monoisotopic (exact) mass is 386 g/mol. The van der Waals surface area contributed by atoms with Crippen LogP contribution < -0.4 is 10.0 Å². The Morgan fingerprint density at radius 1 is 1.04 bits per heavy atom. The highest BCUT2D eigenvalue weighted by Gasteiger charge is 2.19. The van der Waals surface area contributed by atoms with E-state index in [0.29, 0.717) is 5.69 Å². The molecule has 0 saturated carbocycles. The van der Waals surface area contributed by atoms with Gasteiger partial charge in [-0.1, -0.05) is 29.3 Å². The van der Waals surface area contributed by atoms with Gasteiger partial charge in [-0.25, -0.2) is 13.1 Å². The zero-order valence-electron chi connectivity index (χ0n) is 13.1. The molecule has 5 nitrogen and oxygen atoms in total. The molecule has 2 aromatic carbocycles. The fourth-order valence-corrected chi connectivity index (χ4v) is 3.69. The standard InChI is InChI=1S/C16H16Cl2N2O3S/c1-10-3-5-13(7-11(10)2)20-16(21)9-19-24(22,23)15-8-12(17)4-6-14(15)18/h3-8,19H,9H2,1-2H3,(H,20,21). The number of amides is 1. The smallest absolute Gasteiger partial charge is 0.242 e. The van der Waals surface area contributed by atoms with Gasteiger partial charge < -0.3 is 5.32 Å². The van der Waals surface area contributed by atoms with Crippen molar-refractivity contribution in [2.45, 2.75) is 18.7 Å². The van der Waals surface area contributed by atoms with Crippen molar-refractivity contribution in [1.82, 2.24) is 4.72 Å². The number of carbonyl (C=O) groups excluding carboxylic acids is 1. The Balaban J connectivity index is 2.05. The fraction of sp³-hybridized carbons (Fsp3) is 0.188. The lowest BCUT2D eigenvalue weighted by molar-refractivity contribution is -0.115. The largest absolute Gasteiger partial charge is 0.325 e. The van der Waals surface area contributed by atoms with E-state index >= 15 is 0 Å². The van der Waals surface area contributed by atoms with Crippen molar-refractivity contribution >= 4 is 44.8 Å². The van der Waals surface area contributed by atoms with Gasteiger partial charge in [-0.05, 0) is 55.3 Å². The van der Waals surface area contributed by atoms with E-state index in [1.54, 1.807) is 6.07 Å². The molecule has 0 aliphatic rings. The van der Waals surface area contributed by atoms with Gasteiger partial charge in [0.25, 0.3) is 0 Å². The van der Waals surface area contributed by atoms with Crippen molar-refractivity contribution in [2.24, 2.45) is 0 Å². The molecule has 24 heavy (non-hydrogen) atoms. The number of anilines is 1. The van der Waals surface area contributed by atoms with E-state index < -0.39 is 22.5 Å². The number of carbonyl (C=O) groups is 1. The van der Waals surface area contributed by atoms with Crippen molar-refractivity contribution in [1.29, 1.82) is 0 Å². The van der Waals surface area contributed by atoms with E-state index in [9.17, 15) is 13.2 Å². The molecule has 128 valence electrons. The maximum absolute atomic E-state index is 12.2. The number of aryl methyl sites for hydroxylation is 2. The molecular formula is C16H16Cl2N2O3S. The molecule has 2 N–H and O–H groups in total. The summed E-state index contributed by atoms with van der Waals surface area (Å²) in [5.41, 5.74) is 2.73. The Hall–Kier alpha value is -1.60. The molecule has 2 aromatic rings. The minimum atomic E-state index is -3.94. The van der Waals surface area contributed by atoms with Crippen LogP contribution in [-0.2, 0) is 14.8 Å². The van der Waals surface area contributed by atoms with Gasteiger partial charge in [-0.2, -0.15) is 0 Å². The van der Waals surface area contributed by atoms with E-state index in [2.05, 4.69) is 10.0 Å². The molecule has 0 fully saturated rings. The van der Waals surface area contributed by atoms with Gasteiger partial charge in [0.15, 0.2) is 0 Å². The molecule has 2 rings (SSSR count). The Labute approximate surface area is 151 Å². The molecule has 0 bridgehead atoms. The summed E-state index contributed by atoms with van der Waals surface area (Å²) in [4.78, 5) is 11.8. The molecule has 0 heterocycles. The molecule has 0 spiro atoms. The molecule has 0 atom stereocenters. The van der Waals surface area contributed by atoms with Crippen LogP contribution in [0.2, 0.25) is 10.0 Å². The minimum Gasteiger partial charge on any atom is -0.325 e. The minimum absolute atomic E-state index is 0.0291. The molecule has 0 aromatic heterocycles. The second-order valence-corrected chi connectivity index (χ2v) is 7.83. The Morgan fingerprint density at radius 3 is 2.42 bits per heavy atom. The summed E-state index contributed by atoms with van der Waals surface area (Å²) in [6.45, 7) is 3.47. The number of nitrogens with one attached hydrogen (secondary N) is 2. The Kier molecular flexibility index (Phi) is 5.87. The molecule has 0 unspecified atom stereocenters. The van der Waals surface area contributed by atoms with Crippen molar-refractivity contribution < 1.29 is 13.2 Å². The van der Waals surface area contributed by atoms with Crippen LogP contribution in [0.4, 0.5) is 5.69 Å². The first-order valence-corrected chi connectivity index (χ1v) is 9.25. The van der Waals surface area contributed by atoms with Gasteiger partial charge in [0.05, 0.1) is 11.6 Å². The number of hydrogen-bond donors (Lipinski definition) is 2. The van der Waals surface area contributed by atoms with Crippen molar-refractivity contribution in [3.8, 4) is 0 Å². The first-order chi connectivity index (χ1) is 11.2. The lowest BCUT2D eigenvalue weighted by Gasteiger charge is -2.10. The molecule has 8 heteroatoms. The van der Waals surface area contributed by atoms with E-state index in [-0.39, 0.29) is 14.9 Å². The quantitative estimate of drug-likeness (QED) is 0.824. The van der Waals surface area contributed by atoms with Crippen LogP contribution >= 0.6 is 23.2 Å². The average molecular weight is 387 g/mol. The zero-order valence-corrected chi connectivity index (χ0v) is 15.4. The van der Waals surface area contributed by atoms with E-state index in [0.717, 1.165) is 11.1 Å². The molecular weight excluding hydrogens is 371 g/mol. The van der Waals surface area contributed by atoms with Crippen LogP contribution in [0.15, 0.2) is 41.3 Å².